The predicted molar refractivity (Wildman–Crippen MR) is 131 cm³/mol. The first kappa shape index (κ1) is 24.2. The Bertz CT molecular complexity index is 1220. The number of carbonyl (C=O) groups excluding carboxylic acids is 1. The fourth-order valence-corrected chi connectivity index (χ4v) is 3.84. The summed E-state index contributed by atoms with van der Waals surface area (Å²) in [6, 6.07) is 13.8. The van der Waals surface area contributed by atoms with E-state index < -0.39 is 18.1 Å². The molecule has 2 heterocycles. The van der Waals surface area contributed by atoms with Crippen molar-refractivity contribution in [1.82, 2.24) is 19.9 Å². The molecule has 1 aliphatic rings. The number of hydrogen-bond donors (Lipinski definition) is 2. The summed E-state index contributed by atoms with van der Waals surface area (Å²) >= 11 is 6.15. The first-order valence-electron chi connectivity index (χ1n) is 11.0. The number of amides is 1. The second-order valence-corrected chi connectivity index (χ2v) is 8.65. The monoisotopic (exact) mass is 496 g/mol. The average Bonchev–Trinajstić information content (AvgIpc) is 2.84. The molecule has 182 valence electrons. The van der Waals surface area contributed by atoms with Crippen LogP contribution in [0.5, 0.6) is 5.75 Å². The van der Waals surface area contributed by atoms with Gasteiger partial charge in [-0.15, -0.1) is 0 Å². The van der Waals surface area contributed by atoms with E-state index in [1.54, 1.807) is 38.4 Å². The van der Waals surface area contributed by atoms with Gasteiger partial charge in [0.25, 0.3) is 0 Å². The molecule has 4 rings (SSSR count). The highest BCUT2D eigenvalue weighted by Gasteiger charge is 2.23. The van der Waals surface area contributed by atoms with Gasteiger partial charge in [0.15, 0.2) is 0 Å². The lowest BCUT2D eigenvalue weighted by Gasteiger charge is -2.29. The van der Waals surface area contributed by atoms with Crippen LogP contribution in [0.3, 0.4) is 0 Å². The number of carbonyl (C=O) groups is 2. The summed E-state index contributed by atoms with van der Waals surface area (Å²) in [5, 5.41) is 12.6. The zero-order chi connectivity index (χ0) is 24.9. The number of anilines is 2. The Morgan fingerprint density at radius 1 is 1.11 bits per heavy atom. The second-order valence-electron chi connectivity index (χ2n) is 8.31. The van der Waals surface area contributed by atoms with Crippen molar-refractivity contribution in [3.05, 3.63) is 70.5 Å². The van der Waals surface area contributed by atoms with Gasteiger partial charge in [0.2, 0.25) is 17.2 Å². The van der Waals surface area contributed by atoms with E-state index in [0.29, 0.717) is 24.8 Å². The van der Waals surface area contributed by atoms with Crippen LogP contribution in [0.4, 0.5) is 16.7 Å². The van der Waals surface area contributed by atoms with Gasteiger partial charge in [0.1, 0.15) is 11.8 Å². The number of hydrogen-bond acceptors (Lipinski definition) is 8. The van der Waals surface area contributed by atoms with Crippen LogP contribution in [0.25, 0.3) is 0 Å². The molecule has 0 aliphatic carbocycles. The Morgan fingerprint density at radius 2 is 1.83 bits per heavy atom. The molecule has 0 bridgehead atoms. The van der Waals surface area contributed by atoms with Crippen molar-refractivity contribution in [3.8, 4) is 5.75 Å². The maximum atomic E-state index is 12.0. The largest absolute Gasteiger partial charge is 0.480 e. The molecule has 0 saturated heterocycles. The Kier molecular flexibility index (Phi) is 7.31. The number of halogens is 1. The minimum atomic E-state index is -1.07. The molecule has 0 saturated carbocycles. The molecule has 0 fully saturated rings. The number of carboxylic acid groups (broad SMARTS) is 1. The second kappa shape index (κ2) is 10.6. The van der Waals surface area contributed by atoms with Crippen molar-refractivity contribution in [3.63, 3.8) is 0 Å². The molecular weight excluding hydrogens is 472 g/mol. The molecule has 3 aromatic rings. The molecule has 0 spiro atoms. The molecule has 2 aromatic carbocycles. The van der Waals surface area contributed by atoms with E-state index in [9.17, 15) is 14.7 Å². The lowest BCUT2D eigenvalue weighted by Crippen LogP contribution is -2.34. The van der Waals surface area contributed by atoms with Crippen LogP contribution in [0, 0.1) is 0 Å². The summed E-state index contributed by atoms with van der Waals surface area (Å²) in [6.07, 6.45) is 0.495. The van der Waals surface area contributed by atoms with Crippen molar-refractivity contribution in [2.75, 3.05) is 30.9 Å². The molecule has 1 aromatic heterocycles. The maximum absolute atomic E-state index is 12.0. The smallest absolute Gasteiger partial charge is 0.414 e. The molecule has 10 nitrogen and oxygen atoms in total. The fraction of sp³-hybridized carbons (Fsp3) is 0.292. The summed E-state index contributed by atoms with van der Waals surface area (Å²) in [6.45, 7) is 1.34. The fourth-order valence-electron chi connectivity index (χ4n) is 3.69. The van der Waals surface area contributed by atoms with E-state index in [1.807, 2.05) is 17.0 Å². The van der Waals surface area contributed by atoms with Crippen LogP contribution in [-0.2, 0) is 24.2 Å². The van der Waals surface area contributed by atoms with Gasteiger partial charge in [-0.3, -0.25) is 0 Å². The molecular formula is C24H25ClN6O4. The van der Waals surface area contributed by atoms with Crippen molar-refractivity contribution in [2.24, 2.45) is 0 Å². The average molecular weight is 497 g/mol. The molecule has 11 heteroatoms. The zero-order valence-corrected chi connectivity index (χ0v) is 20.1. The van der Waals surface area contributed by atoms with Gasteiger partial charge in [-0.25, -0.2) is 9.59 Å². The molecule has 35 heavy (non-hydrogen) atoms. The highest BCUT2D eigenvalue weighted by Crippen LogP contribution is 2.24. The van der Waals surface area contributed by atoms with E-state index in [-0.39, 0.29) is 17.7 Å². The first-order valence-corrected chi connectivity index (χ1v) is 11.4. The number of aliphatic carboxylic acids is 1. The quantitative estimate of drug-likeness (QED) is 0.507. The topological polar surface area (TPSA) is 121 Å². The van der Waals surface area contributed by atoms with Crippen molar-refractivity contribution in [1.29, 1.82) is 0 Å². The Labute approximate surface area is 207 Å². The number of fused-ring (bicyclic) bond motifs is 1. The van der Waals surface area contributed by atoms with Crippen LogP contribution >= 0.6 is 11.6 Å². The summed E-state index contributed by atoms with van der Waals surface area (Å²) in [5.41, 5.74) is 3.20. The third-order valence-electron chi connectivity index (χ3n) is 5.54. The van der Waals surface area contributed by atoms with Gasteiger partial charge in [0, 0.05) is 33.6 Å². The molecule has 2 N–H and O–H groups in total. The van der Waals surface area contributed by atoms with Gasteiger partial charge >= 0.3 is 12.1 Å². The molecule has 0 radical (unpaired) electrons. The Balaban J connectivity index is 1.46. The summed E-state index contributed by atoms with van der Waals surface area (Å²) in [4.78, 5) is 39.7. The SMILES string of the molecule is CN(C)C(=O)Oc1ccc(C[C@H](Nc2nc(Cl)nc(N3CCc4ccccc4C3)n2)C(=O)O)cc1. The third-order valence-corrected chi connectivity index (χ3v) is 5.71. The van der Waals surface area contributed by atoms with Crippen LogP contribution in [0.1, 0.15) is 16.7 Å². The van der Waals surface area contributed by atoms with Crippen LogP contribution in [0.2, 0.25) is 5.28 Å². The molecule has 1 aliphatic heterocycles. The van der Waals surface area contributed by atoms with Gasteiger partial charge in [-0.05, 0) is 46.8 Å². The zero-order valence-electron chi connectivity index (χ0n) is 19.3. The van der Waals surface area contributed by atoms with Gasteiger partial charge < -0.3 is 25.0 Å². The predicted octanol–water partition coefficient (Wildman–Crippen LogP) is 3.26. The summed E-state index contributed by atoms with van der Waals surface area (Å²) in [5.74, 6) is -0.233. The molecule has 1 amide bonds. The lowest BCUT2D eigenvalue weighted by atomic mass is 10.0. The van der Waals surface area contributed by atoms with Crippen molar-refractivity contribution >= 4 is 35.6 Å². The number of aromatic nitrogens is 3. The van der Waals surface area contributed by atoms with E-state index in [2.05, 4.69) is 32.4 Å². The number of ether oxygens (including phenoxy) is 1. The molecule has 1 atom stereocenters. The Hall–Kier alpha value is -3.92. The minimum Gasteiger partial charge on any atom is -0.480 e. The standard InChI is InChI=1S/C24H25ClN6O4/c1-30(2)24(34)35-18-9-7-15(8-10-18)13-19(20(32)33)26-22-27-21(25)28-23(29-22)31-12-11-16-5-3-4-6-17(16)14-31/h3-10,19H,11-14H2,1-2H3,(H,32,33)(H,26,27,28,29)/t19-/m0/s1. The number of carboxylic acids is 1. The first-order chi connectivity index (χ1) is 16.8. The van der Waals surface area contributed by atoms with Crippen LogP contribution < -0.4 is 15.0 Å². The summed E-state index contributed by atoms with van der Waals surface area (Å²) in [7, 11) is 3.17. The van der Waals surface area contributed by atoms with Crippen LogP contribution in [-0.4, -0.2) is 63.7 Å². The Morgan fingerprint density at radius 3 is 2.51 bits per heavy atom. The van der Waals surface area contributed by atoms with E-state index in [0.717, 1.165) is 12.0 Å². The summed E-state index contributed by atoms with van der Waals surface area (Å²) < 4.78 is 5.19. The van der Waals surface area contributed by atoms with Crippen molar-refractivity contribution in [2.45, 2.75) is 25.4 Å². The lowest BCUT2D eigenvalue weighted by molar-refractivity contribution is -0.137. The number of rotatable bonds is 7. The minimum absolute atomic E-state index is 0.0208. The number of benzene rings is 2. The van der Waals surface area contributed by atoms with E-state index >= 15 is 0 Å². The van der Waals surface area contributed by atoms with Crippen molar-refractivity contribution < 1.29 is 19.4 Å². The highest BCUT2D eigenvalue weighted by molar-refractivity contribution is 6.28. The van der Waals surface area contributed by atoms with E-state index in [1.165, 1.54) is 16.0 Å². The highest BCUT2D eigenvalue weighted by atomic mass is 35.5. The molecule has 0 unspecified atom stereocenters. The number of nitrogens with one attached hydrogen (secondary N) is 1. The normalized spacial score (nSPS) is 13.5. The van der Waals surface area contributed by atoms with Crippen LogP contribution in [0.15, 0.2) is 48.5 Å². The number of nitrogens with zero attached hydrogens (tertiary/aromatic N) is 5. The third kappa shape index (κ3) is 6.15. The maximum Gasteiger partial charge on any atom is 0.414 e. The van der Waals surface area contributed by atoms with E-state index in [4.69, 9.17) is 16.3 Å². The van der Waals surface area contributed by atoms with Gasteiger partial charge in [-0.2, -0.15) is 15.0 Å². The van der Waals surface area contributed by atoms with Gasteiger partial charge in [0.05, 0.1) is 0 Å². The van der Waals surface area contributed by atoms with Gasteiger partial charge in [-0.1, -0.05) is 36.4 Å².